The van der Waals surface area contributed by atoms with Crippen molar-refractivity contribution >= 4 is 17.7 Å². The molecule has 0 aliphatic carbocycles. The van der Waals surface area contributed by atoms with Gasteiger partial charge in [0.15, 0.2) is 0 Å². The minimum absolute atomic E-state index is 0.826. The zero-order chi connectivity index (χ0) is 15.1. The Morgan fingerprint density at radius 1 is 1.39 bits per heavy atom. The van der Waals surface area contributed by atoms with E-state index in [1.807, 2.05) is 26.0 Å². The van der Waals surface area contributed by atoms with Gasteiger partial charge in [-0.15, -0.1) is 0 Å². The lowest BCUT2D eigenvalue weighted by molar-refractivity contribution is 0.205. The van der Waals surface area contributed by atoms with E-state index in [1.165, 1.54) is 5.57 Å². The first-order chi connectivity index (χ1) is 8.34. The number of carboxylic acid groups (broad SMARTS) is 1. The highest BCUT2D eigenvalue weighted by molar-refractivity contribution is 6.31. The molecule has 0 rings (SSSR count). The van der Waals surface area contributed by atoms with Crippen LogP contribution in [0.15, 0.2) is 34.9 Å². The summed E-state index contributed by atoms with van der Waals surface area (Å²) in [4.78, 5) is 8.78. The van der Waals surface area contributed by atoms with Crippen LogP contribution in [-0.4, -0.2) is 23.4 Å². The zero-order valence-electron chi connectivity index (χ0n) is 11.5. The topological polar surface area (TPSA) is 83.5 Å². The maximum Gasteiger partial charge on any atom is 0.402 e. The van der Waals surface area contributed by atoms with Crippen LogP contribution in [0.4, 0.5) is 4.79 Å². The van der Waals surface area contributed by atoms with Crippen molar-refractivity contribution < 1.29 is 15.0 Å². The van der Waals surface area contributed by atoms with Gasteiger partial charge < -0.3 is 15.9 Å². The molecule has 4 N–H and O–H groups in total. The van der Waals surface area contributed by atoms with Crippen LogP contribution in [0.5, 0.6) is 0 Å². The Morgan fingerprint density at radius 2 is 1.78 bits per heavy atom. The molecule has 0 saturated carbocycles. The van der Waals surface area contributed by atoms with E-state index in [4.69, 9.17) is 26.6 Å². The van der Waals surface area contributed by atoms with Crippen molar-refractivity contribution in [1.29, 1.82) is 0 Å². The van der Waals surface area contributed by atoms with Gasteiger partial charge in [0.25, 0.3) is 0 Å². The van der Waals surface area contributed by atoms with Crippen molar-refractivity contribution in [1.82, 2.24) is 0 Å². The van der Waals surface area contributed by atoms with Crippen LogP contribution < -0.4 is 5.73 Å². The lowest BCUT2D eigenvalue weighted by atomic mass is 10.1. The van der Waals surface area contributed by atoms with Gasteiger partial charge in [-0.25, -0.2) is 4.79 Å². The molecule has 0 unspecified atom stereocenters. The second-order valence-corrected chi connectivity index (χ2v) is 3.79. The summed E-state index contributed by atoms with van der Waals surface area (Å²) in [5, 5.41) is 15.0. The number of aliphatic hydroxyl groups is 1. The summed E-state index contributed by atoms with van der Waals surface area (Å²) in [6.07, 6.45) is 4.60. The maximum absolute atomic E-state index is 8.78. The molecule has 18 heavy (non-hydrogen) atoms. The smallest absolute Gasteiger partial charge is 0.402 e. The first-order valence-corrected chi connectivity index (χ1v) is 5.82. The molecule has 0 bridgehead atoms. The SMILES string of the molecule is C=C/C(CCC)=C(/Cl)C=C(C)C.CO.NC(=O)O. The fraction of sp³-hybridized carbons (Fsp3) is 0.462. The van der Waals surface area contributed by atoms with E-state index in [-0.39, 0.29) is 0 Å². The largest absolute Gasteiger partial charge is 0.465 e. The molecule has 0 radical (unpaired) electrons. The molecule has 0 saturated heterocycles. The van der Waals surface area contributed by atoms with E-state index in [0.29, 0.717) is 0 Å². The summed E-state index contributed by atoms with van der Waals surface area (Å²) in [6.45, 7) is 9.95. The number of allylic oxidation sites excluding steroid dienone is 5. The van der Waals surface area contributed by atoms with Crippen LogP contribution in [0.25, 0.3) is 0 Å². The molecular weight excluding hydrogens is 254 g/mol. The molecule has 1 amide bonds. The Morgan fingerprint density at radius 3 is 2.00 bits per heavy atom. The molecule has 0 aromatic rings. The van der Waals surface area contributed by atoms with Crippen LogP contribution in [0, 0.1) is 0 Å². The second kappa shape index (κ2) is 15.7. The Labute approximate surface area is 114 Å². The molecule has 0 fully saturated rings. The Hall–Kier alpha value is -1.26. The van der Waals surface area contributed by atoms with Gasteiger partial charge >= 0.3 is 6.09 Å². The number of amides is 1. The Balaban J connectivity index is -0.000000317. The predicted molar refractivity (Wildman–Crippen MR) is 77.8 cm³/mol. The number of carbonyl (C=O) groups is 1. The molecule has 5 heteroatoms. The molecule has 4 nitrogen and oxygen atoms in total. The first kappa shape index (κ1) is 22.0. The number of hydrogen-bond donors (Lipinski definition) is 3. The summed E-state index contributed by atoms with van der Waals surface area (Å²) in [5.74, 6) is 0. The normalized spacial score (nSPS) is 9.67. The van der Waals surface area contributed by atoms with E-state index < -0.39 is 6.09 Å². The number of aliphatic hydroxyl groups excluding tert-OH is 1. The summed E-state index contributed by atoms with van der Waals surface area (Å²) < 4.78 is 0. The maximum atomic E-state index is 8.78. The van der Waals surface area contributed by atoms with E-state index in [2.05, 4.69) is 19.2 Å². The number of rotatable bonds is 4. The molecule has 0 aromatic heterocycles. The van der Waals surface area contributed by atoms with Gasteiger partial charge in [-0.3, -0.25) is 0 Å². The van der Waals surface area contributed by atoms with Gasteiger partial charge in [0, 0.05) is 12.1 Å². The van der Waals surface area contributed by atoms with Crippen molar-refractivity contribution in [2.24, 2.45) is 5.73 Å². The number of hydrogen-bond acceptors (Lipinski definition) is 2. The molecule has 0 aromatic carbocycles. The quantitative estimate of drug-likeness (QED) is 0.686. The van der Waals surface area contributed by atoms with Gasteiger partial charge in [-0.2, -0.15) is 0 Å². The summed E-state index contributed by atoms with van der Waals surface area (Å²) in [5.41, 5.74) is 6.39. The highest BCUT2D eigenvalue weighted by atomic mass is 35.5. The number of primary amides is 1. The molecule has 106 valence electrons. The lowest BCUT2D eigenvalue weighted by Crippen LogP contribution is -2.03. The molecule has 0 spiro atoms. The summed E-state index contributed by atoms with van der Waals surface area (Å²) >= 11 is 6.05. The highest BCUT2D eigenvalue weighted by Gasteiger charge is 1.96. The zero-order valence-corrected chi connectivity index (χ0v) is 12.3. The summed E-state index contributed by atoms with van der Waals surface area (Å²) in [6, 6.07) is 0. The van der Waals surface area contributed by atoms with Crippen LogP contribution in [-0.2, 0) is 0 Å². The van der Waals surface area contributed by atoms with Crippen molar-refractivity contribution in [2.75, 3.05) is 7.11 Å². The summed E-state index contributed by atoms with van der Waals surface area (Å²) in [7, 11) is 1.00. The standard InChI is InChI=1S/C11H17Cl.CH3NO2.CH4O/c1-5-7-10(6-2)11(12)8-9(3)4;2-1(3)4;1-2/h6,8H,2,5,7H2,1,3-4H3;2H2,(H,3,4);2H,1H3/b11-10-;;. The van der Waals surface area contributed by atoms with Crippen molar-refractivity contribution in [2.45, 2.75) is 33.6 Å². The van der Waals surface area contributed by atoms with Gasteiger partial charge in [0.05, 0.1) is 0 Å². The minimum Gasteiger partial charge on any atom is -0.465 e. The monoisotopic (exact) mass is 277 g/mol. The average Bonchev–Trinajstić information content (AvgIpc) is 2.26. The van der Waals surface area contributed by atoms with Crippen LogP contribution >= 0.6 is 11.6 Å². The highest BCUT2D eigenvalue weighted by Crippen LogP contribution is 2.18. The first-order valence-electron chi connectivity index (χ1n) is 5.44. The van der Waals surface area contributed by atoms with E-state index in [1.54, 1.807) is 0 Å². The van der Waals surface area contributed by atoms with Crippen molar-refractivity contribution in [3.05, 3.63) is 34.9 Å². The van der Waals surface area contributed by atoms with E-state index in [9.17, 15) is 0 Å². The van der Waals surface area contributed by atoms with Crippen LogP contribution in [0.1, 0.15) is 33.6 Å². The fourth-order valence-corrected chi connectivity index (χ4v) is 1.32. The number of nitrogens with two attached hydrogens (primary N) is 1. The predicted octanol–water partition coefficient (Wildman–Crippen LogP) is 3.66. The fourth-order valence-electron chi connectivity index (χ4n) is 0.934. The van der Waals surface area contributed by atoms with E-state index >= 15 is 0 Å². The van der Waals surface area contributed by atoms with Crippen molar-refractivity contribution in [3.8, 4) is 0 Å². The molecular formula is C13H24ClNO3. The van der Waals surface area contributed by atoms with E-state index in [0.717, 1.165) is 30.6 Å². The van der Waals surface area contributed by atoms with Gasteiger partial charge in [-0.05, 0) is 31.9 Å². The molecule has 0 atom stereocenters. The van der Waals surface area contributed by atoms with Gasteiger partial charge in [0.2, 0.25) is 0 Å². The van der Waals surface area contributed by atoms with Crippen LogP contribution in [0.2, 0.25) is 0 Å². The third-order valence-electron chi connectivity index (χ3n) is 1.49. The second-order valence-electron chi connectivity index (χ2n) is 3.39. The average molecular weight is 278 g/mol. The third-order valence-corrected chi connectivity index (χ3v) is 1.84. The molecule has 0 aliphatic rings. The van der Waals surface area contributed by atoms with Crippen molar-refractivity contribution in [3.63, 3.8) is 0 Å². The minimum atomic E-state index is -1.33. The Kier molecular flexibility index (Phi) is 19.2. The lowest BCUT2D eigenvalue weighted by Gasteiger charge is -2.01. The number of halogens is 1. The molecule has 0 aliphatic heterocycles. The third kappa shape index (κ3) is 20.2. The van der Waals surface area contributed by atoms with Crippen LogP contribution in [0.3, 0.4) is 0 Å². The Bertz CT molecular complexity index is 289. The van der Waals surface area contributed by atoms with Gasteiger partial charge in [0.1, 0.15) is 0 Å². The molecule has 0 heterocycles. The van der Waals surface area contributed by atoms with Gasteiger partial charge in [-0.1, -0.05) is 43.2 Å².